The molecule has 26 heavy (non-hydrogen) atoms. The maximum Gasteiger partial charge on any atom is 0.256 e. The van der Waals surface area contributed by atoms with Crippen molar-refractivity contribution in [2.24, 2.45) is 0 Å². The van der Waals surface area contributed by atoms with Crippen molar-refractivity contribution in [3.8, 4) is 10.7 Å². The van der Waals surface area contributed by atoms with Gasteiger partial charge in [-0.25, -0.2) is 4.98 Å². The molecule has 0 saturated carbocycles. The number of para-hydroxylation sites is 1. The van der Waals surface area contributed by atoms with Crippen molar-refractivity contribution in [1.29, 1.82) is 0 Å². The van der Waals surface area contributed by atoms with Gasteiger partial charge in [-0.1, -0.05) is 12.1 Å². The van der Waals surface area contributed by atoms with Crippen molar-refractivity contribution in [2.45, 2.75) is 18.9 Å². The van der Waals surface area contributed by atoms with E-state index >= 15 is 0 Å². The van der Waals surface area contributed by atoms with Gasteiger partial charge >= 0.3 is 0 Å². The Balaban J connectivity index is 1.65. The van der Waals surface area contributed by atoms with Crippen LogP contribution in [0.3, 0.4) is 0 Å². The number of hydrogen-bond donors (Lipinski definition) is 0. The normalized spacial score (nSPS) is 16.1. The van der Waals surface area contributed by atoms with E-state index in [0.717, 1.165) is 41.2 Å². The standard InChI is InChI=1S/C20H22N4OS/c1-23-12-9-14(10-13-23)24(2)20(25)15-6-5-11-21-18(15)19-22-16-7-3-4-8-17(16)26-19/h3-8,11,14H,9-10,12-13H2,1-2H3. The molecule has 1 aliphatic heterocycles. The maximum absolute atomic E-state index is 13.2. The van der Waals surface area contributed by atoms with Crippen molar-refractivity contribution in [1.82, 2.24) is 19.8 Å². The second kappa shape index (κ2) is 7.13. The van der Waals surface area contributed by atoms with Gasteiger partial charge in [0.05, 0.1) is 15.8 Å². The molecule has 5 nitrogen and oxygen atoms in total. The van der Waals surface area contributed by atoms with E-state index in [4.69, 9.17) is 0 Å². The van der Waals surface area contributed by atoms with Crippen LogP contribution in [0.15, 0.2) is 42.6 Å². The van der Waals surface area contributed by atoms with Gasteiger partial charge < -0.3 is 9.80 Å². The lowest BCUT2D eigenvalue weighted by atomic mass is 10.0. The number of carbonyl (C=O) groups excluding carboxylic acids is 1. The van der Waals surface area contributed by atoms with Gasteiger partial charge in [-0.15, -0.1) is 11.3 Å². The monoisotopic (exact) mass is 366 g/mol. The van der Waals surface area contributed by atoms with E-state index < -0.39 is 0 Å². The summed E-state index contributed by atoms with van der Waals surface area (Å²) in [6.07, 6.45) is 3.75. The summed E-state index contributed by atoms with van der Waals surface area (Å²) < 4.78 is 1.11. The van der Waals surface area contributed by atoms with Gasteiger partial charge in [0.2, 0.25) is 0 Å². The largest absolute Gasteiger partial charge is 0.339 e. The first-order valence-corrected chi connectivity index (χ1v) is 9.72. The molecule has 0 N–H and O–H groups in total. The highest BCUT2D eigenvalue weighted by atomic mass is 32.1. The van der Waals surface area contributed by atoms with Crippen LogP contribution in [0.4, 0.5) is 0 Å². The van der Waals surface area contributed by atoms with Crippen LogP contribution in [0.25, 0.3) is 20.9 Å². The van der Waals surface area contributed by atoms with Crippen LogP contribution in [0.1, 0.15) is 23.2 Å². The minimum absolute atomic E-state index is 0.0295. The highest BCUT2D eigenvalue weighted by Crippen LogP contribution is 2.31. The first kappa shape index (κ1) is 17.1. The molecular weight excluding hydrogens is 344 g/mol. The van der Waals surface area contributed by atoms with Crippen LogP contribution in [0.5, 0.6) is 0 Å². The average molecular weight is 366 g/mol. The van der Waals surface area contributed by atoms with Gasteiger partial charge in [0.15, 0.2) is 0 Å². The van der Waals surface area contributed by atoms with Crippen molar-refractivity contribution in [2.75, 3.05) is 27.2 Å². The molecular formula is C20H22N4OS. The Kier molecular flexibility index (Phi) is 4.70. The van der Waals surface area contributed by atoms with Crippen LogP contribution >= 0.6 is 11.3 Å². The fourth-order valence-electron chi connectivity index (χ4n) is 3.46. The second-order valence-electron chi connectivity index (χ2n) is 6.84. The molecule has 1 saturated heterocycles. The molecule has 1 amide bonds. The van der Waals surface area contributed by atoms with E-state index in [1.807, 2.05) is 48.3 Å². The first-order valence-electron chi connectivity index (χ1n) is 8.90. The summed E-state index contributed by atoms with van der Waals surface area (Å²) in [6, 6.07) is 12.0. The summed E-state index contributed by atoms with van der Waals surface area (Å²) in [5.41, 5.74) is 2.26. The lowest BCUT2D eigenvalue weighted by Crippen LogP contribution is -2.44. The molecule has 0 atom stereocenters. The van der Waals surface area contributed by atoms with Crippen LogP contribution in [-0.2, 0) is 0 Å². The summed E-state index contributed by atoms with van der Waals surface area (Å²) in [4.78, 5) is 26.6. The van der Waals surface area contributed by atoms with Gasteiger partial charge in [-0.3, -0.25) is 9.78 Å². The average Bonchev–Trinajstić information content (AvgIpc) is 3.11. The minimum atomic E-state index is 0.0295. The maximum atomic E-state index is 13.2. The predicted molar refractivity (Wildman–Crippen MR) is 105 cm³/mol. The van der Waals surface area contributed by atoms with Gasteiger partial charge in [-0.2, -0.15) is 0 Å². The number of aromatic nitrogens is 2. The zero-order valence-electron chi connectivity index (χ0n) is 15.1. The van der Waals surface area contributed by atoms with Crippen molar-refractivity contribution >= 4 is 27.5 Å². The molecule has 3 heterocycles. The Hall–Kier alpha value is -2.31. The van der Waals surface area contributed by atoms with E-state index in [0.29, 0.717) is 11.3 Å². The highest BCUT2D eigenvalue weighted by Gasteiger charge is 2.27. The van der Waals surface area contributed by atoms with Crippen LogP contribution in [-0.4, -0.2) is 58.9 Å². The first-order chi connectivity index (χ1) is 12.6. The lowest BCUT2D eigenvalue weighted by Gasteiger charge is -2.35. The van der Waals surface area contributed by atoms with Crippen molar-refractivity contribution in [3.63, 3.8) is 0 Å². The lowest BCUT2D eigenvalue weighted by molar-refractivity contribution is 0.0660. The zero-order chi connectivity index (χ0) is 18.1. The number of fused-ring (bicyclic) bond motifs is 1. The van der Waals surface area contributed by atoms with E-state index in [1.54, 1.807) is 17.5 Å². The number of amides is 1. The van der Waals surface area contributed by atoms with E-state index in [-0.39, 0.29) is 11.9 Å². The van der Waals surface area contributed by atoms with Crippen molar-refractivity contribution < 1.29 is 4.79 Å². The molecule has 0 aliphatic carbocycles. The number of thiazole rings is 1. The Bertz CT molecular complexity index is 897. The molecule has 6 heteroatoms. The SMILES string of the molecule is CN1CCC(N(C)C(=O)c2cccnc2-c2nc3ccccc3s2)CC1. The molecule has 3 aromatic rings. The van der Waals surface area contributed by atoms with E-state index in [2.05, 4.69) is 21.9 Å². The van der Waals surface area contributed by atoms with Gasteiger partial charge in [-0.05, 0) is 57.2 Å². The Morgan fingerprint density at radius 1 is 1.19 bits per heavy atom. The highest BCUT2D eigenvalue weighted by molar-refractivity contribution is 7.21. The van der Waals surface area contributed by atoms with E-state index in [9.17, 15) is 4.79 Å². The molecule has 1 aliphatic rings. The molecule has 1 fully saturated rings. The Morgan fingerprint density at radius 2 is 1.96 bits per heavy atom. The zero-order valence-corrected chi connectivity index (χ0v) is 15.9. The topological polar surface area (TPSA) is 49.3 Å². The number of hydrogen-bond acceptors (Lipinski definition) is 5. The predicted octanol–water partition coefficient (Wildman–Crippen LogP) is 3.52. The molecule has 0 bridgehead atoms. The molecule has 1 aromatic carbocycles. The second-order valence-corrected chi connectivity index (χ2v) is 7.87. The number of nitrogens with zero attached hydrogens (tertiary/aromatic N) is 4. The Morgan fingerprint density at radius 3 is 2.73 bits per heavy atom. The molecule has 0 unspecified atom stereocenters. The number of pyridine rings is 1. The summed E-state index contributed by atoms with van der Waals surface area (Å²) in [7, 11) is 4.04. The van der Waals surface area contributed by atoms with Crippen LogP contribution < -0.4 is 0 Å². The number of carbonyl (C=O) groups is 1. The quantitative estimate of drug-likeness (QED) is 0.712. The number of likely N-dealkylation sites (tertiary alicyclic amines) is 1. The molecule has 4 rings (SSSR count). The van der Waals surface area contributed by atoms with Crippen LogP contribution in [0, 0.1) is 0 Å². The third-order valence-electron chi connectivity index (χ3n) is 5.09. The molecule has 0 radical (unpaired) electrons. The third-order valence-corrected chi connectivity index (χ3v) is 6.13. The van der Waals surface area contributed by atoms with E-state index in [1.165, 1.54) is 0 Å². The molecule has 0 spiro atoms. The Labute approximate surface area is 157 Å². The molecule has 2 aromatic heterocycles. The summed E-state index contributed by atoms with van der Waals surface area (Å²) >= 11 is 1.58. The van der Waals surface area contributed by atoms with Gasteiger partial charge in [0.1, 0.15) is 10.7 Å². The number of benzene rings is 1. The third kappa shape index (κ3) is 3.22. The summed E-state index contributed by atoms with van der Waals surface area (Å²) in [5.74, 6) is 0.0295. The number of rotatable bonds is 3. The van der Waals surface area contributed by atoms with Gasteiger partial charge in [0.25, 0.3) is 5.91 Å². The minimum Gasteiger partial charge on any atom is -0.339 e. The summed E-state index contributed by atoms with van der Waals surface area (Å²) in [6.45, 7) is 2.06. The van der Waals surface area contributed by atoms with Crippen molar-refractivity contribution in [3.05, 3.63) is 48.2 Å². The van der Waals surface area contributed by atoms with Crippen LogP contribution in [0.2, 0.25) is 0 Å². The van der Waals surface area contributed by atoms with Gasteiger partial charge in [0, 0.05) is 19.3 Å². The molecule has 134 valence electrons. The fraction of sp³-hybridized carbons (Fsp3) is 0.350. The fourth-order valence-corrected chi connectivity index (χ4v) is 4.44. The number of piperidine rings is 1. The smallest absolute Gasteiger partial charge is 0.256 e. The summed E-state index contributed by atoms with van der Waals surface area (Å²) in [5, 5.41) is 0.798.